The van der Waals surface area contributed by atoms with Crippen molar-refractivity contribution in [2.45, 2.75) is 19.8 Å². The van der Waals surface area contributed by atoms with Gasteiger partial charge in [-0.2, -0.15) is 0 Å². The second-order valence-electron chi connectivity index (χ2n) is 3.39. The van der Waals surface area contributed by atoms with Gasteiger partial charge in [-0.3, -0.25) is 0 Å². The zero-order valence-corrected chi connectivity index (χ0v) is 9.36. The van der Waals surface area contributed by atoms with Crippen molar-refractivity contribution in [2.24, 2.45) is 0 Å². The van der Waals surface area contributed by atoms with Crippen molar-refractivity contribution in [3.8, 4) is 0 Å². The van der Waals surface area contributed by atoms with Crippen molar-refractivity contribution in [1.29, 1.82) is 0 Å². The summed E-state index contributed by atoms with van der Waals surface area (Å²) in [5.74, 6) is -0.525. The van der Waals surface area contributed by atoms with Crippen molar-refractivity contribution in [3.05, 3.63) is 17.1 Å². The van der Waals surface area contributed by atoms with Gasteiger partial charge in [0.1, 0.15) is 17.2 Å². The lowest BCUT2D eigenvalue weighted by molar-refractivity contribution is 0.0696. The predicted octanol–water partition coefficient (Wildman–Crippen LogP) is 0.644. The highest BCUT2D eigenvalue weighted by atomic mass is 16.5. The molecule has 0 bridgehead atoms. The quantitative estimate of drug-likeness (QED) is 0.714. The van der Waals surface area contributed by atoms with E-state index in [1.54, 1.807) is 14.0 Å². The summed E-state index contributed by atoms with van der Waals surface area (Å²) in [4.78, 5) is 18.9. The third-order valence-electron chi connectivity index (χ3n) is 2.13. The minimum Gasteiger partial charge on any atom is -0.477 e. The number of nitrogens with zero attached hydrogens (tertiary/aromatic N) is 2. The van der Waals surface area contributed by atoms with Gasteiger partial charge in [0.05, 0.1) is 5.69 Å². The summed E-state index contributed by atoms with van der Waals surface area (Å²) in [7, 11) is 1.62. The molecular formula is C10H15N3O3. The average molecular weight is 225 g/mol. The summed E-state index contributed by atoms with van der Waals surface area (Å²) in [6.07, 6.45) is 1.40. The number of rotatable bonds is 5. The third kappa shape index (κ3) is 2.90. The molecule has 0 spiro atoms. The lowest BCUT2D eigenvalue weighted by atomic mass is 10.2. The molecule has 6 heteroatoms. The van der Waals surface area contributed by atoms with Gasteiger partial charge in [0.2, 0.25) is 0 Å². The standard InChI is InChI=1S/C10H15N3O3/c1-6-8(10(14)15)9(11)13-7(12-6)4-3-5-16-2/h3-5H2,1-2H3,(H,14,15)(H2,11,12,13). The molecule has 0 amide bonds. The van der Waals surface area contributed by atoms with Crippen molar-refractivity contribution >= 4 is 11.8 Å². The Kier molecular flexibility index (Phi) is 4.19. The van der Waals surface area contributed by atoms with E-state index in [-0.39, 0.29) is 11.4 Å². The van der Waals surface area contributed by atoms with Gasteiger partial charge in [-0.1, -0.05) is 0 Å². The SMILES string of the molecule is COCCCc1nc(C)c(C(=O)O)c(N)n1. The fraction of sp³-hybridized carbons (Fsp3) is 0.500. The molecule has 1 heterocycles. The Bertz CT molecular complexity index is 370. The van der Waals surface area contributed by atoms with Crippen LogP contribution in [0.1, 0.15) is 28.3 Å². The van der Waals surface area contributed by atoms with Gasteiger partial charge in [-0.15, -0.1) is 0 Å². The first kappa shape index (κ1) is 12.4. The molecule has 0 radical (unpaired) electrons. The fourth-order valence-electron chi connectivity index (χ4n) is 1.41. The zero-order chi connectivity index (χ0) is 12.1. The molecule has 0 saturated carbocycles. The monoisotopic (exact) mass is 225 g/mol. The highest BCUT2D eigenvalue weighted by Crippen LogP contribution is 2.13. The maximum atomic E-state index is 10.8. The van der Waals surface area contributed by atoms with E-state index in [4.69, 9.17) is 15.6 Å². The number of carboxylic acids is 1. The summed E-state index contributed by atoms with van der Waals surface area (Å²) in [5, 5.41) is 8.87. The number of nitrogens with two attached hydrogens (primary N) is 1. The van der Waals surface area contributed by atoms with Crippen LogP contribution in [0.2, 0.25) is 0 Å². The number of hydrogen-bond donors (Lipinski definition) is 2. The molecule has 0 atom stereocenters. The number of aryl methyl sites for hydroxylation is 2. The van der Waals surface area contributed by atoms with Gasteiger partial charge in [0.25, 0.3) is 0 Å². The Balaban J connectivity index is 2.87. The molecule has 1 aromatic heterocycles. The van der Waals surface area contributed by atoms with Crippen LogP contribution in [0.3, 0.4) is 0 Å². The summed E-state index contributed by atoms with van der Waals surface area (Å²) in [6.45, 7) is 2.23. The Morgan fingerprint density at radius 2 is 2.19 bits per heavy atom. The molecule has 16 heavy (non-hydrogen) atoms. The lowest BCUT2D eigenvalue weighted by Gasteiger charge is -2.06. The van der Waals surface area contributed by atoms with Gasteiger partial charge in [0.15, 0.2) is 0 Å². The van der Waals surface area contributed by atoms with Crippen molar-refractivity contribution < 1.29 is 14.6 Å². The topological polar surface area (TPSA) is 98.3 Å². The van der Waals surface area contributed by atoms with Gasteiger partial charge < -0.3 is 15.6 Å². The normalized spacial score (nSPS) is 10.4. The van der Waals surface area contributed by atoms with Crippen LogP contribution in [0.4, 0.5) is 5.82 Å². The third-order valence-corrected chi connectivity index (χ3v) is 2.13. The number of carboxylic acid groups (broad SMARTS) is 1. The molecule has 1 rings (SSSR count). The summed E-state index contributed by atoms with van der Waals surface area (Å²) >= 11 is 0. The number of aromatic carboxylic acids is 1. The first-order chi connectivity index (χ1) is 7.56. The highest BCUT2D eigenvalue weighted by Gasteiger charge is 2.15. The molecule has 3 N–H and O–H groups in total. The molecule has 0 aliphatic carbocycles. The summed E-state index contributed by atoms with van der Waals surface area (Å²) in [5.41, 5.74) is 5.94. The Morgan fingerprint density at radius 3 is 2.69 bits per heavy atom. The predicted molar refractivity (Wildman–Crippen MR) is 58.3 cm³/mol. The van der Waals surface area contributed by atoms with Crippen molar-refractivity contribution in [2.75, 3.05) is 19.5 Å². The van der Waals surface area contributed by atoms with Crippen molar-refractivity contribution in [1.82, 2.24) is 9.97 Å². The van der Waals surface area contributed by atoms with Crippen LogP contribution in [-0.2, 0) is 11.2 Å². The maximum Gasteiger partial charge on any atom is 0.341 e. The minimum absolute atomic E-state index is 0.0181. The number of hydrogen-bond acceptors (Lipinski definition) is 5. The van der Waals surface area contributed by atoms with Gasteiger partial charge in [0, 0.05) is 20.1 Å². The Hall–Kier alpha value is -1.69. The van der Waals surface area contributed by atoms with E-state index in [0.717, 1.165) is 6.42 Å². The van der Waals surface area contributed by atoms with Crippen molar-refractivity contribution in [3.63, 3.8) is 0 Å². The van der Waals surface area contributed by atoms with E-state index in [1.165, 1.54) is 0 Å². The van der Waals surface area contributed by atoms with Crippen LogP contribution in [-0.4, -0.2) is 34.8 Å². The molecule has 88 valence electrons. The summed E-state index contributed by atoms with van der Waals surface area (Å²) < 4.78 is 4.91. The van der Waals surface area contributed by atoms with E-state index in [9.17, 15) is 4.79 Å². The molecule has 0 unspecified atom stereocenters. The molecule has 6 nitrogen and oxygen atoms in total. The zero-order valence-electron chi connectivity index (χ0n) is 9.36. The largest absolute Gasteiger partial charge is 0.477 e. The number of methoxy groups -OCH3 is 1. The second-order valence-corrected chi connectivity index (χ2v) is 3.39. The van der Waals surface area contributed by atoms with Gasteiger partial charge >= 0.3 is 5.97 Å². The fourth-order valence-corrected chi connectivity index (χ4v) is 1.41. The molecule has 0 fully saturated rings. The maximum absolute atomic E-state index is 10.8. The van der Waals surface area contributed by atoms with Crippen LogP contribution in [0.15, 0.2) is 0 Å². The van der Waals surface area contributed by atoms with E-state index >= 15 is 0 Å². The number of nitrogen functional groups attached to an aromatic ring is 1. The van der Waals surface area contributed by atoms with Crippen LogP contribution in [0, 0.1) is 6.92 Å². The molecule has 0 aromatic carbocycles. The molecule has 0 aliphatic heterocycles. The van der Waals surface area contributed by atoms with E-state index < -0.39 is 5.97 Å². The number of anilines is 1. The number of carbonyl (C=O) groups is 1. The molecule has 0 saturated heterocycles. The second kappa shape index (κ2) is 5.41. The minimum atomic E-state index is -1.10. The van der Waals surface area contributed by atoms with E-state index in [0.29, 0.717) is 24.5 Å². The smallest absolute Gasteiger partial charge is 0.341 e. The van der Waals surface area contributed by atoms with Crippen LogP contribution >= 0.6 is 0 Å². The van der Waals surface area contributed by atoms with Crippen LogP contribution in [0.25, 0.3) is 0 Å². The first-order valence-corrected chi connectivity index (χ1v) is 4.91. The van der Waals surface area contributed by atoms with E-state index in [1.807, 2.05) is 0 Å². The molecule has 1 aromatic rings. The summed E-state index contributed by atoms with van der Waals surface area (Å²) in [6, 6.07) is 0. The lowest BCUT2D eigenvalue weighted by Crippen LogP contribution is -2.12. The number of ether oxygens (including phenoxy) is 1. The Morgan fingerprint density at radius 1 is 1.50 bits per heavy atom. The van der Waals surface area contributed by atoms with Crippen LogP contribution in [0.5, 0.6) is 0 Å². The highest BCUT2D eigenvalue weighted by molar-refractivity contribution is 5.93. The average Bonchev–Trinajstić information content (AvgIpc) is 2.16. The Labute approximate surface area is 93.5 Å². The number of aromatic nitrogens is 2. The molecular weight excluding hydrogens is 210 g/mol. The van der Waals surface area contributed by atoms with Gasteiger partial charge in [-0.25, -0.2) is 14.8 Å². The molecule has 0 aliphatic rings. The first-order valence-electron chi connectivity index (χ1n) is 4.91. The van der Waals surface area contributed by atoms with Gasteiger partial charge in [-0.05, 0) is 13.3 Å². The van der Waals surface area contributed by atoms with Crippen LogP contribution < -0.4 is 5.73 Å². The van der Waals surface area contributed by atoms with E-state index in [2.05, 4.69) is 9.97 Å².